The number of hydrogen-bond donors (Lipinski definition) is 1. The fraction of sp³-hybridized carbons (Fsp3) is 0.500. The quantitative estimate of drug-likeness (QED) is 0.863. The van der Waals surface area contributed by atoms with Gasteiger partial charge >= 0.3 is 0 Å². The largest absolute Gasteiger partial charge is 0.351 e. The fourth-order valence-corrected chi connectivity index (χ4v) is 3.08. The van der Waals surface area contributed by atoms with Gasteiger partial charge in [0.15, 0.2) is 0 Å². The Morgan fingerprint density at radius 2 is 1.80 bits per heavy atom. The van der Waals surface area contributed by atoms with Crippen molar-refractivity contribution in [2.75, 3.05) is 19.3 Å². The van der Waals surface area contributed by atoms with E-state index in [9.17, 15) is 13.2 Å². The number of aryl methyl sites for hydroxylation is 1. The van der Waals surface area contributed by atoms with E-state index in [1.54, 1.807) is 12.1 Å². The molecule has 1 N–H and O–H groups in total. The smallest absolute Gasteiger partial charge is 0.251 e. The number of nitrogens with zero attached hydrogens (tertiary/aromatic N) is 1. The molecule has 0 bridgehead atoms. The summed E-state index contributed by atoms with van der Waals surface area (Å²) in [7, 11) is -3.25. The molecule has 0 aliphatic heterocycles. The number of carbonyl (C=O) groups is 1. The van der Waals surface area contributed by atoms with Crippen LogP contribution in [-0.4, -0.2) is 44.0 Å². The minimum atomic E-state index is -3.25. The van der Waals surface area contributed by atoms with Crippen LogP contribution in [0.2, 0.25) is 0 Å². The summed E-state index contributed by atoms with van der Waals surface area (Å²) < 4.78 is 24.5. The zero-order valence-electron chi connectivity index (χ0n) is 12.4. The molecule has 0 saturated heterocycles. The van der Waals surface area contributed by atoms with Crippen molar-refractivity contribution in [3.63, 3.8) is 0 Å². The fourth-order valence-electron chi connectivity index (χ4n) is 1.89. The van der Waals surface area contributed by atoms with Crippen LogP contribution >= 0.6 is 0 Å². The summed E-state index contributed by atoms with van der Waals surface area (Å²) in [6.07, 6.45) is 1.18. The lowest BCUT2D eigenvalue weighted by Crippen LogP contribution is -2.41. The van der Waals surface area contributed by atoms with Gasteiger partial charge in [0, 0.05) is 24.7 Å². The zero-order chi connectivity index (χ0) is 15.3. The van der Waals surface area contributed by atoms with Crippen LogP contribution < -0.4 is 5.32 Å². The van der Waals surface area contributed by atoms with Crippen molar-refractivity contribution in [1.82, 2.24) is 9.62 Å². The number of benzene rings is 1. The standard InChI is InChI=1S/C14H22N2O3S/c1-11(2)16(20(4,18)19)10-9-15-14(17)13-7-5-12(3)6-8-13/h5-8,11H,9-10H2,1-4H3,(H,15,17). The van der Waals surface area contributed by atoms with Gasteiger partial charge in [-0.1, -0.05) is 17.7 Å². The molecule has 0 spiro atoms. The highest BCUT2D eigenvalue weighted by atomic mass is 32.2. The summed E-state index contributed by atoms with van der Waals surface area (Å²) in [4.78, 5) is 11.9. The maximum absolute atomic E-state index is 11.9. The first-order chi connectivity index (χ1) is 9.21. The van der Waals surface area contributed by atoms with E-state index in [1.807, 2.05) is 32.9 Å². The number of hydrogen-bond acceptors (Lipinski definition) is 3. The van der Waals surface area contributed by atoms with Crippen molar-refractivity contribution in [2.24, 2.45) is 0 Å². The molecule has 20 heavy (non-hydrogen) atoms. The minimum absolute atomic E-state index is 0.124. The monoisotopic (exact) mass is 298 g/mol. The molecule has 1 aromatic carbocycles. The molecule has 1 amide bonds. The summed E-state index contributed by atoms with van der Waals surface area (Å²) in [5.74, 6) is -0.192. The Morgan fingerprint density at radius 3 is 2.25 bits per heavy atom. The molecule has 0 aromatic heterocycles. The van der Waals surface area contributed by atoms with Crippen LogP contribution in [0.25, 0.3) is 0 Å². The molecule has 1 rings (SSSR count). The highest BCUT2D eigenvalue weighted by molar-refractivity contribution is 7.88. The van der Waals surface area contributed by atoms with E-state index in [4.69, 9.17) is 0 Å². The molecule has 0 radical (unpaired) electrons. The molecule has 0 aliphatic carbocycles. The Labute approximate surface area is 121 Å². The third-order valence-corrected chi connectivity index (χ3v) is 4.39. The highest BCUT2D eigenvalue weighted by Gasteiger charge is 2.19. The predicted molar refractivity (Wildman–Crippen MR) is 80.2 cm³/mol. The third-order valence-electron chi connectivity index (χ3n) is 2.93. The van der Waals surface area contributed by atoms with E-state index >= 15 is 0 Å². The molecule has 0 fully saturated rings. The summed E-state index contributed by atoms with van der Waals surface area (Å²) in [5.41, 5.74) is 1.66. The number of nitrogens with one attached hydrogen (secondary N) is 1. The Bertz CT molecular complexity index is 550. The predicted octanol–water partition coefficient (Wildman–Crippen LogP) is 1.39. The topological polar surface area (TPSA) is 66.5 Å². The minimum Gasteiger partial charge on any atom is -0.351 e. The lowest BCUT2D eigenvalue weighted by atomic mass is 10.1. The van der Waals surface area contributed by atoms with Crippen LogP contribution in [0.15, 0.2) is 24.3 Å². The second kappa shape index (κ2) is 6.85. The molecule has 0 heterocycles. The zero-order valence-corrected chi connectivity index (χ0v) is 13.2. The first kappa shape index (κ1) is 16.7. The summed E-state index contributed by atoms with van der Waals surface area (Å²) in [6, 6.07) is 7.11. The van der Waals surface area contributed by atoms with Crippen molar-refractivity contribution >= 4 is 15.9 Å². The molecule has 6 heteroatoms. The van der Waals surface area contributed by atoms with Gasteiger partial charge in [0.1, 0.15) is 0 Å². The maximum Gasteiger partial charge on any atom is 0.251 e. The van der Waals surface area contributed by atoms with Crippen LogP contribution in [0.4, 0.5) is 0 Å². The summed E-state index contributed by atoms with van der Waals surface area (Å²) in [6.45, 7) is 6.13. The Kier molecular flexibility index (Phi) is 5.71. The van der Waals surface area contributed by atoms with E-state index in [1.165, 1.54) is 10.6 Å². The average Bonchev–Trinajstić information content (AvgIpc) is 2.33. The van der Waals surface area contributed by atoms with Crippen molar-refractivity contribution in [3.8, 4) is 0 Å². The Balaban J connectivity index is 2.55. The third kappa shape index (κ3) is 4.94. The highest BCUT2D eigenvalue weighted by Crippen LogP contribution is 2.05. The SMILES string of the molecule is Cc1ccc(C(=O)NCCN(C(C)C)S(C)(=O)=O)cc1. The molecule has 112 valence electrons. The van der Waals surface area contributed by atoms with E-state index in [-0.39, 0.29) is 25.0 Å². The number of rotatable bonds is 6. The van der Waals surface area contributed by atoms with E-state index in [0.29, 0.717) is 5.56 Å². The molecule has 5 nitrogen and oxygen atoms in total. The number of sulfonamides is 1. The van der Waals surface area contributed by atoms with Crippen molar-refractivity contribution in [2.45, 2.75) is 26.8 Å². The molecule has 0 aliphatic rings. The van der Waals surface area contributed by atoms with Crippen LogP contribution in [0.5, 0.6) is 0 Å². The van der Waals surface area contributed by atoms with Crippen molar-refractivity contribution in [3.05, 3.63) is 35.4 Å². The van der Waals surface area contributed by atoms with Gasteiger partial charge in [0.05, 0.1) is 6.26 Å². The first-order valence-corrected chi connectivity index (χ1v) is 8.38. The van der Waals surface area contributed by atoms with Crippen molar-refractivity contribution in [1.29, 1.82) is 0 Å². The Morgan fingerprint density at radius 1 is 1.25 bits per heavy atom. The second-order valence-electron chi connectivity index (χ2n) is 5.09. The van der Waals surface area contributed by atoms with Gasteiger partial charge in [-0.25, -0.2) is 8.42 Å². The van der Waals surface area contributed by atoms with Gasteiger partial charge in [-0.2, -0.15) is 4.31 Å². The van der Waals surface area contributed by atoms with Gasteiger partial charge in [0.25, 0.3) is 5.91 Å². The van der Waals surface area contributed by atoms with Gasteiger partial charge < -0.3 is 5.32 Å². The normalized spacial score (nSPS) is 11.9. The molecule has 0 atom stereocenters. The van der Waals surface area contributed by atoms with Crippen LogP contribution in [0, 0.1) is 6.92 Å². The van der Waals surface area contributed by atoms with Gasteiger partial charge in [-0.3, -0.25) is 4.79 Å². The number of amides is 1. The lowest BCUT2D eigenvalue weighted by molar-refractivity contribution is 0.0950. The lowest BCUT2D eigenvalue weighted by Gasteiger charge is -2.23. The van der Waals surface area contributed by atoms with E-state index in [0.717, 1.165) is 5.56 Å². The van der Waals surface area contributed by atoms with Crippen LogP contribution in [0.1, 0.15) is 29.8 Å². The summed E-state index contributed by atoms with van der Waals surface area (Å²) >= 11 is 0. The Hall–Kier alpha value is -1.40. The van der Waals surface area contributed by atoms with E-state index in [2.05, 4.69) is 5.32 Å². The van der Waals surface area contributed by atoms with Crippen molar-refractivity contribution < 1.29 is 13.2 Å². The van der Waals surface area contributed by atoms with Gasteiger partial charge in [-0.05, 0) is 32.9 Å². The molecule has 0 unspecified atom stereocenters. The molecular weight excluding hydrogens is 276 g/mol. The average molecular weight is 298 g/mol. The molecule has 0 saturated carbocycles. The van der Waals surface area contributed by atoms with Gasteiger partial charge in [0.2, 0.25) is 10.0 Å². The maximum atomic E-state index is 11.9. The summed E-state index contributed by atoms with van der Waals surface area (Å²) in [5, 5.41) is 2.73. The van der Waals surface area contributed by atoms with E-state index < -0.39 is 10.0 Å². The first-order valence-electron chi connectivity index (χ1n) is 6.53. The molecular formula is C14H22N2O3S. The second-order valence-corrected chi connectivity index (χ2v) is 7.02. The van der Waals surface area contributed by atoms with Gasteiger partial charge in [-0.15, -0.1) is 0 Å². The molecule has 1 aromatic rings. The van der Waals surface area contributed by atoms with Crippen LogP contribution in [-0.2, 0) is 10.0 Å². The number of carbonyl (C=O) groups excluding carboxylic acids is 1. The van der Waals surface area contributed by atoms with Crippen LogP contribution in [0.3, 0.4) is 0 Å².